The number of hydrogen-bond donors (Lipinski definition) is 1. The predicted octanol–water partition coefficient (Wildman–Crippen LogP) is 2.87. The number of carbonyl (C=O) groups is 2. The van der Waals surface area contributed by atoms with Gasteiger partial charge in [-0.3, -0.25) is 4.79 Å². The molecule has 1 heterocycles. The lowest BCUT2D eigenvalue weighted by molar-refractivity contribution is -0.133. The molecule has 0 aliphatic carbocycles. The number of carbonyl (C=O) groups excluding carboxylic acids is 2. The van der Waals surface area contributed by atoms with E-state index in [0.29, 0.717) is 13.1 Å². The fourth-order valence-corrected chi connectivity index (χ4v) is 3.29. The van der Waals surface area contributed by atoms with Crippen LogP contribution in [-0.4, -0.2) is 43.1 Å². The first-order chi connectivity index (χ1) is 13.0. The van der Waals surface area contributed by atoms with E-state index in [1.807, 2.05) is 35.2 Å². The molecular formula is C21H25N3O3. The van der Waals surface area contributed by atoms with Crippen LogP contribution in [0.2, 0.25) is 0 Å². The molecule has 0 spiro atoms. The van der Waals surface area contributed by atoms with Crippen molar-refractivity contribution in [2.75, 3.05) is 31.1 Å². The van der Waals surface area contributed by atoms with Crippen molar-refractivity contribution in [3.63, 3.8) is 0 Å². The topological polar surface area (TPSA) is 75.9 Å². The molecular weight excluding hydrogens is 342 g/mol. The second-order valence-electron chi connectivity index (χ2n) is 6.74. The molecule has 1 saturated heterocycles. The van der Waals surface area contributed by atoms with Gasteiger partial charge in [-0.2, -0.15) is 0 Å². The summed E-state index contributed by atoms with van der Waals surface area (Å²) in [5.74, 6) is -0.0336. The van der Waals surface area contributed by atoms with E-state index in [0.717, 1.165) is 18.7 Å². The zero-order valence-electron chi connectivity index (χ0n) is 15.5. The third-order valence-electron chi connectivity index (χ3n) is 4.82. The molecule has 6 nitrogen and oxygen atoms in total. The number of amides is 2. The van der Waals surface area contributed by atoms with E-state index in [2.05, 4.69) is 36.1 Å². The van der Waals surface area contributed by atoms with E-state index in [1.165, 1.54) is 11.3 Å². The van der Waals surface area contributed by atoms with Gasteiger partial charge in [-0.05, 0) is 24.6 Å². The summed E-state index contributed by atoms with van der Waals surface area (Å²) in [6.07, 6.45) is -1.44. The number of hydrogen-bond acceptors (Lipinski definition) is 4. The third-order valence-corrected chi connectivity index (χ3v) is 4.82. The molecule has 0 radical (unpaired) electrons. The van der Waals surface area contributed by atoms with Crippen LogP contribution in [0.25, 0.3) is 0 Å². The van der Waals surface area contributed by atoms with Crippen LogP contribution in [0.1, 0.15) is 23.7 Å². The standard InChI is InChI=1S/C21H25N3O3/c1-16-7-9-18(10-8-16)23-11-13-24(14-12-23)20(25)15-19(27-21(22)26)17-5-3-2-4-6-17/h2-10,19H,11-15H2,1H3,(H2,22,26). The number of nitrogens with two attached hydrogens (primary N) is 1. The number of piperazine rings is 1. The molecule has 2 aromatic rings. The maximum Gasteiger partial charge on any atom is 0.405 e. The molecule has 27 heavy (non-hydrogen) atoms. The first-order valence-corrected chi connectivity index (χ1v) is 9.13. The van der Waals surface area contributed by atoms with Gasteiger partial charge in [0, 0.05) is 31.9 Å². The van der Waals surface area contributed by atoms with Gasteiger partial charge in [0.25, 0.3) is 0 Å². The van der Waals surface area contributed by atoms with Crippen molar-refractivity contribution >= 4 is 17.7 Å². The summed E-state index contributed by atoms with van der Waals surface area (Å²) in [6, 6.07) is 17.6. The predicted molar refractivity (Wildman–Crippen MR) is 104 cm³/mol. The van der Waals surface area contributed by atoms with Gasteiger partial charge in [0.2, 0.25) is 5.91 Å². The summed E-state index contributed by atoms with van der Waals surface area (Å²) in [5.41, 5.74) is 8.36. The van der Waals surface area contributed by atoms with Crippen molar-refractivity contribution in [3.05, 3.63) is 65.7 Å². The summed E-state index contributed by atoms with van der Waals surface area (Å²) < 4.78 is 5.18. The summed E-state index contributed by atoms with van der Waals surface area (Å²) in [7, 11) is 0. The van der Waals surface area contributed by atoms with E-state index < -0.39 is 12.2 Å². The summed E-state index contributed by atoms with van der Waals surface area (Å²) in [6.45, 7) is 4.91. The Morgan fingerprint density at radius 1 is 1.00 bits per heavy atom. The van der Waals surface area contributed by atoms with E-state index in [4.69, 9.17) is 10.5 Å². The minimum atomic E-state index is -0.874. The molecule has 0 saturated carbocycles. The highest BCUT2D eigenvalue weighted by atomic mass is 16.6. The molecule has 1 unspecified atom stereocenters. The Hall–Kier alpha value is -3.02. The first kappa shape index (κ1) is 18.8. The molecule has 1 atom stereocenters. The van der Waals surface area contributed by atoms with Gasteiger partial charge in [0.1, 0.15) is 6.10 Å². The monoisotopic (exact) mass is 367 g/mol. The Labute approximate surface area is 159 Å². The third kappa shape index (κ3) is 5.00. The smallest absolute Gasteiger partial charge is 0.405 e. The maximum atomic E-state index is 12.7. The van der Waals surface area contributed by atoms with E-state index >= 15 is 0 Å². The molecule has 1 fully saturated rings. The van der Waals surface area contributed by atoms with Crippen LogP contribution < -0.4 is 10.6 Å². The Balaban J connectivity index is 1.59. The first-order valence-electron chi connectivity index (χ1n) is 9.13. The highest BCUT2D eigenvalue weighted by Gasteiger charge is 2.26. The lowest BCUT2D eigenvalue weighted by Crippen LogP contribution is -2.49. The number of nitrogens with zero attached hydrogens (tertiary/aromatic N) is 2. The highest BCUT2D eigenvalue weighted by Crippen LogP contribution is 2.23. The van der Waals surface area contributed by atoms with Gasteiger partial charge in [-0.1, -0.05) is 48.0 Å². The second-order valence-corrected chi connectivity index (χ2v) is 6.74. The maximum absolute atomic E-state index is 12.7. The van der Waals surface area contributed by atoms with Crippen LogP contribution in [0.5, 0.6) is 0 Å². The molecule has 3 rings (SSSR count). The molecule has 1 aliphatic rings. The van der Waals surface area contributed by atoms with E-state index in [9.17, 15) is 9.59 Å². The van der Waals surface area contributed by atoms with E-state index in [1.54, 1.807) is 0 Å². The van der Waals surface area contributed by atoms with Crippen LogP contribution in [0.3, 0.4) is 0 Å². The summed E-state index contributed by atoms with van der Waals surface area (Å²) in [4.78, 5) is 28.1. The number of ether oxygens (including phenoxy) is 1. The summed E-state index contributed by atoms with van der Waals surface area (Å²) >= 11 is 0. The molecule has 2 amide bonds. The van der Waals surface area contributed by atoms with Gasteiger partial charge in [0.05, 0.1) is 6.42 Å². The van der Waals surface area contributed by atoms with Gasteiger partial charge < -0.3 is 20.3 Å². The average molecular weight is 367 g/mol. The molecule has 1 aliphatic heterocycles. The number of primary amides is 1. The van der Waals surface area contributed by atoms with Crippen LogP contribution in [-0.2, 0) is 9.53 Å². The van der Waals surface area contributed by atoms with Crippen LogP contribution in [0.15, 0.2) is 54.6 Å². The van der Waals surface area contributed by atoms with E-state index in [-0.39, 0.29) is 12.3 Å². The minimum absolute atomic E-state index is 0.0336. The van der Waals surface area contributed by atoms with Gasteiger partial charge >= 0.3 is 6.09 Å². The molecule has 0 aromatic heterocycles. The fraction of sp³-hybridized carbons (Fsp3) is 0.333. The summed E-state index contributed by atoms with van der Waals surface area (Å²) in [5, 5.41) is 0. The molecule has 142 valence electrons. The Bertz CT molecular complexity index is 769. The molecule has 2 N–H and O–H groups in total. The van der Waals surface area contributed by atoms with Gasteiger partial charge in [-0.25, -0.2) is 4.79 Å². The van der Waals surface area contributed by atoms with Crippen molar-refractivity contribution < 1.29 is 14.3 Å². The van der Waals surface area contributed by atoms with Crippen molar-refractivity contribution in [2.24, 2.45) is 5.73 Å². The van der Waals surface area contributed by atoms with Crippen molar-refractivity contribution in [1.29, 1.82) is 0 Å². The normalized spacial score (nSPS) is 15.3. The highest BCUT2D eigenvalue weighted by molar-refractivity contribution is 5.78. The number of rotatable bonds is 5. The quantitative estimate of drug-likeness (QED) is 0.882. The Morgan fingerprint density at radius 3 is 2.22 bits per heavy atom. The molecule has 6 heteroatoms. The van der Waals surface area contributed by atoms with Crippen LogP contribution in [0.4, 0.5) is 10.5 Å². The van der Waals surface area contributed by atoms with Crippen molar-refractivity contribution in [1.82, 2.24) is 4.90 Å². The Kier molecular flexibility index (Phi) is 5.96. The fourth-order valence-electron chi connectivity index (χ4n) is 3.29. The Morgan fingerprint density at radius 2 is 1.63 bits per heavy atom. The SMILES string of the molecule is Cc1ccc(N2CCN(C(=O)CC(OC(N)=O)c3ccccc3)CC2)cc1. The lowest BCUT2D eigenvalue weighted by Gasteiger charge is -2.36. The van der Waals surface area contributed by atoms with Gasteiger partial charge in [0.15, 0.2) is 0 Å². The van der Waals surface area contributed by atoms with Crippen molar-refractivity contribution in [2.45, 2.75) is 19.4 Å². The number of benzene rings is 2. The largest absolute Gasteiger partial charge is 0.441 e. The lowest BCUT2D eigenvalue weighted by atomic mass is 10.1. The number of aryl methyl sites for hydroxylation is 1. The van der Waals surface area contributed by atoms with Crippen LogP contribution >= 0.6 is 0 Å². The minimum Gasteiger partial charge on any atom is -0.441 e. The second kappa shape index (κ2) is 8.58. The van der Waals surface area contributed by atoms with Crippen molar-refractivity contribution in [3.8, 4) is 0 Å². The molecule has 0 bridgehead atoms. The zero-order chi connectivity index (χ0) is 19.2. The molecule has 2 aromatic carbocycles. The zero-order valence-corrected chi connectivity index (χ0v) is 15.5. The number of anilines is 1. The van der Waals surface area contributed by atoms with Gasteiger partial charge in [-0.15, -0.1) is 0 Å². The van der Waals surface area contributed by atoms with Crippen LogP contribution in [0, 0.1) is 6.92 Å². The average Bonchev–Trinajstić information content (AvgIpc) is 2.68.